The number of allylic oxidation sites excluding steroid dienone is 9. The summed E-state index contributed by atoms with van der Waals surface area (Å²) in [6, 6.07) is 22.6. The van der Waals surface area contributed by atoms with E-state index >= 15 is 0 Å². The molecule has 0 spiro atoms. The lowest BCUT2D eigenvalue weighted by Gasteiger charge is -2.26. The van der Waals surface area contributed by atoms with Crippen molar-refractivity contribution >= 4 is 62.4 Å². The molecule has 2 aromatic heterocycles. The molecule has 0 saturated heterocycles. The van der Waals surface area contributed by atoms with E-state index in [0.717, 1.165) is 35.5 Å². The Balaban J connectivity index is 1.80. The van der Waals surface area contributed by atoms with Crippen molar-refractivity contribution in [3.05, 3.63) is 138 Å². The summed E-state index contributed by atoms with van der Waals surface area (Å²) >= 11 is 0. The molecule has 0 radical (unpaired) electrons. The number of hydrogen-bond donors (Lipinski definition) is 0. The van der Waals surface area contributed by atoms with Gasteiger partial charge in [0, 0.05) is 61.7 Å². The molecule has 0 fully saturated rings. The SMILES string of the molecule is C=Cc1c(C)n(C(/C=C\CC)=C/C)c2ccc(N(c3ccc(C)cc3)c3ccc4c(c3)c(/C=C\C)c(CC)n4C(/C=C\C)=C/C)cc12. The van der Waals surface area contributed by atoms with Crippen molar-refractivity contribution < 1.29 is 0 Å². The molecule has 47 heavy (non-hydrogen) atoms. The molecule has 2 heterocycles. The molecule has 0 aliphatic carbocycles. The smallest absolute Gasteiger partial charge is 0.0539 e. The van der Waals surface area contributed by atoms with Crippen molar-refractivity contribution in [2.75, 3.05) is 4.90 Å². The number of anilines is 3. The van der Waals surface area contributed by atoms with Gasteiger partial charge in [0.1, 0.15) is 0 Å². The Morgan fingerprint density at radius 1 is 0.702 bits per heavy atom. The summed E-state index contributed by atoms with van der Waals surface area (Å²) in [5, 5.41) is 2.43. The fourth-order valence-electron chi connectivity index (χ4n) is 6.80. The van der Waals surface area contributed by atoms with Crippen LogP contribution in [0.3, 0.4) is 0 Å². The second-order valence-corrected chi connectivity index (χ2v) is 11.9. The van der Waals surface area contributed by atoms with E-state index in [1.54, 1.807) is 0 Å². The molecule has 5 aromatic rings. The van der Waals surface area contributed by atoms with Gasteiger partial charge in [0.05, 0.1) is 11.0 Å². The molecule has 0 amide bonds. The monoisotopic (exact) mass is 619 g/mol. The van der Waals surface area contributed by atoms with E-state index in [4.69, 9.17) is 0 Å². The van der Waals surface area contributed by atoms with Gasteiger partial charge >= 0.3 is 0 Å². The normalized spacial score (nSPS) is 12.9. The van der Waals surface area contributed by atoms with Crippen LogP contribution in [0, 0.1) is 13.8 Å². The summed E-state index contributed by atoms with van der Waals surface area (Å²) < 4.78 is 4.77. The van der Waals surface area contributed by atoms with Crippen LogP contribution in [-0.4, -0.2) is 9.13 Å². The number of hydrogen-bond acceptors (Lipinski definition) is 1. The molecular formula is C44H49N3. The van der Waals surface area contributed by atoms with Gasteiger partial charge in [-0.2, -0.15) is 0 Å². The molecule has 3 aromatic carbocycles. The average molecular weight is 620 g/mol. The minimum Gasteiger partial charge on any atom is -0.314 e. The van der Waals surface area contributed by atoms with Crippen molar-refractivity contribution in [1.29, 1.82) is 0 Å². The summed E-state index contributed by atoms with van der Waals surface area (Å²) in [7, 11) is 0. The fraction of sp³-hybridized carbons (Fsp3) is 0.227. The second-order valence-electron chi connectivity index (χ2n) is 11.9. The standard InChI is InChI=1S/C44H49N3/c1-10-17-20-34(14-5)45-32(9)38(15-6)40-29-36(25-27-43(40)45)46(35-23-21-31(8)22-24-35)37-26-28-44-41(30-37)39(19-12-3)42(16-7)47(44)33(13-4)18-11-2/h11-15,17-30H,6,10,16H2,1-5,7-9H3/b18-11-,19-12-,20-17-,33-13+,34-14+. The van der Waals surface area contributed by atoms with Crippen LogP contribution in [0.5, 0.6) is 0 Å². The predicted octanol–water partition coefficient (Wildman–Crippen LogP) is 13.2. The highest BCUT2D eigenvalue weighted by molar-refractivity contribution is 6.00. The van der Waals surface area contributed by atoms with Crippen LogP contribution in [0.4, 0.5) is 17.1 Å². The number of rotatable bonds is 11. The third-order valence-corrected chi connectivity index (χ3v) is 8.98. The maximum Gasteiger partial charge on any atom is 0.0539 e. The van der Waals surface area contributed by atoms with Gasteiger partial charge in [-0.1, -0.05) is 80.7 Å². The molecule has 0 bridgehead atoms. The average Bonchev–Trinajstić information content (AvgIpc) is 3.54. The van der Waals surface area contributed by atoms with Crippen LogP contribution in [0.2, 0.25) is 0 Å². The summed E-state index contributed by atoms with van der Waals surface area (Å²) in [4.78, 5) is 2.39. The van der Waals surface area contributed by atoms with E-state index in [0.29, 0.717) is 0 Å². The first-order chi connectivity index (χ1) is 22.9. The topological polar surface area (TPSA) is 13.1 Å². The van der Waals surface area contributed by atoms with Gasteiger partial charge in [-0.3, -0.25) is 0 Å². The third-order valence-electron chi connectivity index (χ3n) is 8.98. The van der Waals surface area contributed by atoms with Crippen LogP contribution in [0.25, 0.3) is 45.4 Å². The molecule has 0 aliphatic rings. The quantitative estimate of drug-likeness (QED) is 0.134. The molecule has 0 N–H and O–H groups in total. The first kappa shape index (κ1) is 33.3. The number of benzene rings is 3. The highest BCUT2D eigenvalue weighted by atomic mass is 15.1. The van der Waals surface area contributed by atoms with Gasteiger partial charge in [-0.15, -0.1) is 0 Å². The Bertz CT molecular complexity index is 2070. The van der Waals surface area contributed by atoms with Crippen LogP contribution >= 0.6 is 0 Å². The maximum absolute atomic E-state index is 4.23. The molecule has 0 aliphatic heterocycles. The third kappa shape index (κ3) is 6.11. The van der Waals surface area contributed by atoms with E-state index in [1.807, 2.05) is 6.08 Å². The van der Waals surface area contributed by atoms with E-state index < -0.39 is 0 Å². The van der Waals surface area contributed by atoms with E-state index in [-0.39, 0.29) is 0 Å². The number of fused-ring (bicyclic) bond motifs is 2. The van der Waals surface area contributed by atoms with Crippen molar-refractivity contribution in [1.82, 2.24) is 9.13 Å². The zero-order chi connectivity index (χ0) is 33.7. The lowest BCUT2D eigenvalue weighted by Crippen LogP contribution is -2.10. The zero-order valence-electron chi connectivity index (χ0n) is 29.4. The van der Waals surface area contributed by atoms with E-state index in [2.05, 4.69) is 185 Å². The Labute approximate surface area is 281 Å². The molecule has 0 atom stereocenters. The molecule has 5 rings (SSSR count). The highest BCUT2D eigenvalue weighted by Crippen LogP contribution is 2.42. The van der Waals surface area contributed by atoms with E-state index in [1.165, 1.54) is 55.7 Å². The summed E-state index contributed by atoms with van der Waals surface area (Å²) in [5.74, 6) is 0. The second kappa shape index (κ2) is 14.6. The van der Waals surface area contributed by atoms with Crippen LogP contribution < -0.4 is 4.90 Å². The van der Waals surface area contributed by atoms with E-state index in [9.17, 15) is 0 Å². The van der Waals surface area contributed by atoms with Crippen LogP contribution in [0.15, 0.2) is 110 Å². The molecule has 0 unspecified atom stereocenters. The Morgan fingerprint density at radius 2 is 1.28 bits per heavy atom. The molecular weight excluding hydrogens is 571 g/mol. The number of nitrogens with zero attached hydrogens (tertiary/aromatic N) is 3. The Hall–Kier alpha value is -5.02. The van der Waals surface area contributed by atoms with Gasteiger partial charge in [0.15, 0.2) is 0 Å². The first-order valence-electron chi connectivity index (χ1n) is 16.9. The molecule has 3 nitrogen and oxygen atoms in total. The predicted molar refractivity (Wildman–Crippen MR) is 210 cm³/mol. The molecule has 240 valence electrons. The lowest BCUT2D eigenvalue weighted by molar-refractivity contribution is 0.977. The summed E-state index contributed by atoms with van der Waals surface area (Å²) in [6.07, 6.45) is 21.5. The van der Waals surface area contributed by atoms with Gasteiger partial charge in [0.2, 0.25) is 0 Å². The number of aryl methyl sites for hydroxylation is 1. The van der Waals surface area contributed by atoms with Gasteiger partial charge in [0.25, 0.3) is 0 Å². The molecule has 0 saturated carbocycles. The van der Waals surface area contributed by atoms with Crippen LogP contribution in [-0.2, 0) is 6.42 Å². The van der Waals surface area contributed by atoms with Crippen molar-refractivity contribution in [3.8, 4) is 0 Å². The maximum atomic E-state index is 4.23. The highest BCUT2D eigenvalue weighted by Gasteiger charge is 2.21. The van der Waals surface area contributed by atoms with Crippen molar-refractivity contribution in [2.45, 2.75) is 68.2 Å². The van der Waals surface area contributed by atoms with Crippen molar-refractivity contribution in [2.24, 2.45) is 0 Å². The van der Waals surface area contributed by atoms with Gasteiger partial charge < -0.3 is 14.0 Å². The number of aromatic nitrogens is 2. The van der Waals surface area contributed by atoms with Gasteiger partial charge in [-0.05, 0) is 115 Å². The first-order valence-corrected chi connectivity index (χ1v) is 16.9. The Morgan fingerprint density at radius 3 is 1.81 bits per heavy atom. The zero-order valence-corrected chi connectivity index (χ0v) is 29.4. The molecule has 3 heteroatoms. The Kier molecular flexibility index (Phi) is 10.4. The van der Waals surface area contributed by atoms with Gasteiger partial charge in [-0.25, -0.2) is 0 Å². The fourth-order valence-corrected chi connectivity index (χ4v) is 6.80. The summed E-state index contributed by atoms with van der Waals surface area (Å²) in [5.41, 5.74) is 14.3. The minimum atomic E-state index is 0.930. The minimum absolute atomic E-state index is 0.930. The summed E-state index contributed by atoms with van der Waals surface area (Å²) in [6.45, 7) is 21.4. The van der Waals surface area contributed by atoms with Crippen molar-refractivity contribution in [3.63, 3.8) is 0 Å². The lowest BCUT2D eigenvalue weighted by atomic mass is 10.1. The largest absolute Gasteiger partial charge is 0.314 e. The van der Waals surface area contributed by atoms with Crippen LogP contribution in [0.1, 0.15) is 76.0 Å².